The van der Waals surface area contributed by atoms with E-state index in [1.54, 1.807) is 24.3 Å². The zero-order valence-corrected chi connectivity index (χ0v) is 11.9. The van der Waals surface area contributed by atoms with Gasteiger partial charge in [-0.15, -0.1) is 0 Å². The molecule has 0 heterocycles. The lowest BCUT2D eigenvalue weighted by atomic mass is 9.92. The molecule has 0 saturated heterocycles. The molecule has 0 aliphatic rings. The minimum absolute atomic E-state index is 0.0299. The van der Waals surface area contributed by atoms with E-state index in [9.17, 15) is 18.7 Å². The van der Waals surface area contributed by atoms with E-state index in [0.717, 1.165) is 16.6 Å². The first-order valence-corrected chi connectivity index (χ1v) is 6.69. The average molecular weight is 341 g/mol. The number of carbonyl (C=O) groups is 1. The van der Waals surface area contributed by atoms with Crippen molar-refractivity contribution in [3.05, 3.63) is 69.7 Å². The molecule has 0 fully saturated rings. The van der Waals surface area contributed by atoms with Crippen LogP contribution in [0.2, 0.25) is 0 Å². The van der Waals surface area contributed by atoms with Crippen LogP contribution in [0, 0.1) is 11.6 Å². The first-order valence-electron chi connectivity index (χ1n) is 5.89. The molecule has 2 aromatic rings. The van der Waals surface area contributed by atoms with Gasteiger partial charge >= 0.3 is 5.97 Å². The number of carboxylic acid groups (broad SMARTS) is 1. The van der Waals surface area contributed by atoms with Gasteiger partial charge in [0.2, 0.25) is 0 Å². The molecule has 2 aromatic carbocycles. The lowest BCUT2D eigenvalue weighted by Crippen LogP contribution is -2.15. The van der Waals surface area contributed by atoms with E-state index in [-0.39, 0.29) is 12.0 Å². The molecule has 0 bridgehead atoms. The van der Waals surface area contributed by atoms with Gasteiger partial charge in [-0.1, -0.05) is 34.1 Å². The number of aliphatic carboxylic acids is 1. The van der Waals surface area contributed by atoms with Crippen molar-refractivity contribution in [3.63, 3.8) is 0 Å². The Morgan fingerprint density at radius 1 is 1.20 bits per heavy atom. The smallest absolute Gasteiger partial charge is 0.311 e. The van der Waals surface area contributed by atoms with E-state index in [1.165, 1.54) is 6.07 Å². The first-order chi connectivity index (χ1) is 9.47. The molecule has 0 aliphatic heterocycles. The molecule has 0 spiro atoms. The molecule has 0 amide bonds. The summed E-state index contributed by atoms with van der Waals surface area (Å²) in [7, 11) is 0. The summed E-state index contributed by atoms with van der Waals surface area (Å²) >= 11 is 3.27. The third kappa shape index (κ3) is 3.42. The topological polar surface area (TPSA) is 37.3 Å². The van der Waals surface area contributed by atoms with Crippen LogP contribution in [-0.4, -0.2) is 11.1 Å². The minimum Gasteiger partial charge on any atom is -0.481 e. The van der Waals surface area contributed by atoms with Gasteiger partial charge in [-0.2, -0.15) is 0 Å². The van der Waals surface area contributed by atoms with Crippen molar-refractivity contribution in [2.45, 2.75) is 12.3 Å². The summed E-state index contributed by atoms with van der Waals surface area (Å²) in [4.78, 5) is 11.4. The highest BCUT2D eigenvalue weighted by Gasteiger charge is 2.22. The van der Waals surface area contributed by atoms with Crippen LogP contribution in [0.1, 0.15) is 17.0 Å². The molecule has 0 radical (unpaired) electrons. The van der Waals surface area contributed by atoms with Crippen molar-refractivity contribution in [1.29, 1.82) is 0 Å². The van der Waals surface area contributed by atoms with Gasteiger partial charge in [-0.3, -0.25) is 4.79 Å². The van der Waals surface area contributed by atoms with Crippen molar-refractivity contribution in [2.24, 2.45) is 0 Å². The fourth-order valence-electron chi connectivity index (χ4n) is 1.98. The number of benzene rings is 2. The van der Waals surface area contributed by atoms with Gasteiger partial charge in [-0.05, 0) is 35.7 Å². The molecule has 1 N–H and O–H groups in total. The monoisotopic (exact) mass is 340 g/mol. The molecular formula is C15H11BrF2O2. The van der Waals surface area contributed by atoms with Crippen molar-refractivity contribution in [3.8, 4) is 0 Å². The van der Waals surface area contributed by atoms with Crippen molar-refractivity contribution < 1.29 is 18.7 Å². The predicted molar refractivity (Wildman–Crippen MR) is 74.6 cm³/mol. The molecule has 2 nitrogen and oxygen atoms in total. The van der Waals surface area contributed by atoms with Gasteiger partial charge in [0.25, 0.3) is 0 Å². The van der Waals surface area contributed by atoms with Gasteiger partial charge in [-0.25, -0.2) is 8.78 Å². The molecule has 1 atom stereocenters. The Hall–Kier alpha value is -1.75. The van der Waals surface area contributed by atoms with Crippen LogP contribution in [0.15, 0.2) is 46.9 Å². The summed E-state index contributed by atoms with van der Waals surface area (Å²) in [5, 5.41) is 9.31. The highest BCUT2D eigenvalue weighted by atomic mass is 79.9. The number of hydrogen-bond donors (Lipinski definition) is 1. The van der Waals surface area contributed by atoms with E-state index < -0.39 is 23.5 Å². The zero-order valence-electron chi connectivity index (χ0n) is 10.3. The fourth-order valence-corrected chi connectivity index (χ4v) is 2.40. The predicted octanol–water partition coefficient (Wildman–Crippen LogP) is 4.14. The molecule has 20 heavy (non-hydrogen) atoms. The van der Waals surface area contributed by atoms with Gasteiger partial charge in [0.1, 0.15) is 11.6 Å². The molecule has 1 unspecified atom stereocenters. The van der Waals surface area contributed by atoms with Crippen LogP contribution in [-0.2, 0) is 11.2 Å². The van der Waals surface area contributed by atoms with E-state index in [2.05, 4.69) is 15.9 Å². The standard InChI is InChI=1S/C15H11BrF2O2/c16-11-3-1-2-9(6-11)13(15(19)20)7-10-4-5-12(17)8-14(10)18/h1-6,8,13H,7H2,(H,19,20). The fraction of sp³-hybridized carbons (Fsp3) is 0.133. The molecule has 0 aliphatic carbocycles. The highest BCUT2D eigenvalue weighted by molar-refractivity contribution is 9.10. The summed E-state index contributed by atoms with van der Waals surface area (Å²) in [5.41, 5.74) is 0.745. The normalized spacial score (nSPS) is 12.2. The van der Waals surface area contributed by atoms with Crippen molar-refractivity contribution in [2.75, 3.05) is 0 Å². The zero-order chi connectivity index (χ0) is 14.7. The third-order valence-electron chi connectivity index (χ3n) is 2.99. The van der Waals surface area contributed by atoms with Gasteiger partial charge in [0.15, 0.2) is 0 Å². The van der Waals surface area contributed by atoms with Crippen LogP contribution in [0.5, 0.6) is 0 Å². The maximum atomic E-state index is 13.6. The van der Waals surface area contributed by atoms with Gasteiger partial charge < -0.3 is 5.11 Å². The van der Waals surface area contributed by atoms with Crippen LogP contribution < -0.4 is 0 Å². The van der Waals surface area contributed by atoms with Crippen molar-refractivity contribution in [1.82, 2.24) is 0 Å². The molecular weight excluding hydrogens is 330 g/mol. The Kier molecular flexibility index (Phi) is 4.49. The molecule has 2 rings (SSSR count). The van der Waals surface area contributed by atoms with Gasteiger partial charge in [0.05, 0.1) is 5.92 Å². The molecule has 0 saturated carbocycles. The second-order valence-electron chi connectivity index (χ2n) is 4.39. The summed E-state index contributed by atoms with van der Waals surface area (Å²) in [5.74, 6) is -3.34. The van der Waals surface area contributed by atoms with Gasteiger partial charge in [0, 0.05) is 10.5 Å². The van der Waals surface area contributed by atoms with E-state index >= 15 is 0 Å². The Morgan fingerprint density at radius 2 is 1.95 bits per heavy atom. The van der Waals surface area contributed by atoms with Crippen LogP contribution in [0.3, 0.4) is 0 Å². The number of hydrogen-bond acceptors (Lipinski definition) is 1. The average Bonchev–Trinajstić information content (AvgIpc) is 2.37. The van der Waals surface area contributed by atoms with Crippen molar-refractivity contribution >= 4 is 21.9 Å². The number of rotatable bonds is 4. The maximum absolute atomic E-state index is 13.6. The van der Waals surface area contributed by atoms with Crippen LogP contribution in [0.25, 0.3) is 0 Å². The van der Waals surface area contributed by atoms with Crippen LogP contribution in [0.4, 0.5) is 8.78 Å². The SMILES string of the molecule is O=C(O)C(Cc1ccc(F)cc1F)c1cccc(Br)c1. The summed E-state index contributed by atoms with van der Waals surface area (Å²) < 4.78 is 27.2. The third-order valence-corrected chi connectivity index (χ3v) is 3.48. The summed E-state index contributed by atoms with van der Waals surface area (Å²) in [6.07, 6.45) is -0.0299. The highest BCUT2D eigenvalue weighted by Crippen LogP contribution is 2.25. The summed E-state index contributed by atoms with van der Waals surface area (Å²) in [6.45, 7) is 0. The second kappa shape index (κ2) is 6.13. The lowest BCUT2D eigenvalue weighted by molar-refractivity contribution is -0.138. The molecule has 0 aromatic heterocycles. The largest absolute Gasteiger partial charge is 0.481 e. The lowest BCUT2D eigenvalue weighted by Gasteiger charge is -2.14. The molecule has 104 valence electrons. The Morgan fingerprint density at radius 3 is 2.55 bits per heavy atom. The quantitative estimate of drug-likeness (QED) is 0.908. The molecule has 5 heteroatoms. The summed E-state index contributed by atoms with van der Waals surface area (Å²) in [6, 6.07) is 10.0. The Balaban J connectivity index is 2.33. The van der Waals surface area contributed by atoms with E-state index in [0.29, 0.717) is 5.56 Å². The Bertz CT molecular complexity index is 644. The maximum Gasteiger partial charge on any atom is 0.311 e. The van der Waals surface area contributed by atoms with E-state index in [1.807, 2.05) is 0 Å². The Labute approximate surface area is 123 Å². The minimum atomic E-state index is -1.05. The van der Waals surface area contributed by atoms with E-state index in [4.69, 9.17) is 0 Å². The second-order valence-corrected chi connectivity index (χ2v) is 5.30. The number of carboxylic acids is 1. The first kappa shape index (κ1) is 14.7. The number of halogens is 3. The van der Waals surface area contributed by atoms with Crippen LogP contribution >= 0.6 is 15.9 Å².